The third-order valence-electron chi connectivity index (χ3n) is 4.81. The van der Waals surface area contributed by atoms with E-state index in [1.54, 1.807) is 30.3 Å². The zero-order valence-electron chi connectivity index (χ0n) is 17.6. The molecule has 0 unspecified atom stereocenters. The van der Waals surface area contributed by atoms with E-state index in [1.807, 2.05) is 31.2 Å². The van der Waals surface area contributed by atoms with Gasteiger partial charge in [0.25, 0.3) is 11.8 Å². The molecule has 2 amide bonds. The second-order valence-electron chi connectivity index (χ2n) is 6.98. The van der Waals surface area contributed by atoms with Crippen molar-refractivity contribution in [2.45, 2.75) is 33.1 Å². The largest absolute Gasteiger partial charge is 0.452 e. The minimum atomic E-state index is -0.636. The molecule has 0 aliphatic heterocycles. The van der Waals surface area contributed by atoms with E-state index in [2.05, 4.69) is 17.8 Å². The Balaban J connectivity index is 1.71. The number of nitrogens with zero attached hydrogens (tertiary/aromatic N) is 1. The fraction of sp³-hybridized carbons (Fsp3) is 0.250. The van der Waals surface area contributed by atoms with Gasteiger partial charge < -0.3 is 4.74 Å². The van der Waals surface area contributed by atoms with Gasteiger partial charge in [-0.25, -0.2) is 4.79 Å². The third-order valence-corrected chi connectivity index (χ3v) is 4.81. The van der Waals surface area contributed by atoms with Crippen molar-refractivity contribution in [1.29, 1.82) is 0 Å². The molecule has 3 aromatic rings. The SMILES string of the molecule is CCCc1nc2ccccc2c(C(=O)OCC(=O)NNC(=O)c2ccccc2)c1CC. The molecule has 0 aliphatic rings. The fourth-order valence-corrected chi connectivity index (χ4v) is 3.39. The van der Waals surface area contributed by atoms with Crippen LogP contribution in [0.1, 0.15) is 52.2 Å². The van der Waals surface area contributed by atoms with E-state index in [1.165, 1.54) is 0 Å². The number of hydrogen-bond acceptors (Lipinski definition) is 5. The number of carbonyl (C=O) groups is 3. The molecular formula is C24H25N3O4. The normalized spacial score (nSPS) is 10.5. The number of pyridine rings is 1. The van der Waals surface area contributed by atoms with Crippen LogP contribution in [-0.2, 0) is 22.4 Å². The molecule has 1 aromatic heterocycles. The summed E-state index contributed by atoms with van der Waals surface area (Å²) in [4.78, 5) is 41.7. The molecule has 0 spiro atoms. The topological polar surface area (TPSA) is 97.4 Å². The van der Waals surface area contributed by atoms with Crippen molar-refractivity contribution in [2.24, 2.45) is 0 Å². The average molecular weight is 419 g/mol. The maximum atomic E-state index is 12.9. The molecule has 0 radical (unpaired) electrons. The second kappa shape index (κ2) is 10.3. The Kier molecular flexibility index (Phi) is 7.32. The Morgan fingerprint density at radius 2 is 1.65 bits per heavy atom. The lowest BCUT2D eigenvalue weighted by Crippen LogP contribution is -2.43. The molecule has 0 saturated heterocycles. The first-order chi connectivity index (χ1) is 15.0. The fourth-order valence-electron chi connectivity index (χ4n) is 3.39. The molecule has 2 N–H and O–H groups in total. The van der Waals surface area contributed by atoms with Crippen molar-refractivity contribution >= 4 is 28.7 Å². The predicted octanol–water partition coefficient (Wildman–Crippen LogP) is 3.37. The van der Waals surface area contributed by atoms with Crippen LogP contribution >= 0.6 is 0 Å². The number of hydrogen-bond donors (Lipinski definition) is 2. The van der Waals surface area contributed by atoms with Crippen LogP contribution in [0.25, 0.3) is 10.9 Å². The Bertz CT molecular complexity index is 1100. The zero-order chi connectivity index (χ0) is 22.2. The first kappa shape index (κ1) is 22.0. The third kappa shape index (κ3) is 5.25. The van der Waals surface area contributed by atoms with E-state index >= 15 is 0 Å². The maximum absolute atomic E-state index is 12.9. The number of esters is 1. The van der Waals surface area contributed by atoms with Crippen molar-refractivity contribution in [3.8, 4) is 0 Å². The minimum Gasteiger partial charge on any atom is -0.452 e. The summed E-state index contributed by atoms with van der Waals surface area (Å²) in [6.07, 6.45) is 2.27. The van der Waals surface area contributed by atoms with Gasteiger partial charge >= 0.3 is 5.97 Å². The van der Waals surface area contributed by atoms with Crippen molar-refractivity contribution in [2.75, 3.05) is 6.61 Å². The number of nitrogens with one attached hydrogen (secondary N) is 2. The summed E-state index contributed by atoms with van der Waals surface area (Å²) < 4.78 is 5.28. The molecule has 0 bridgehead atoms. The number of rotatable bonds is 7. The molecule has 7 nitrogen and oxygen atoms in total. The Morgan fingerprint density at radius 3 is 2.35 bits per heavy atom. The molecule has 0 fully saturated rings. The molecule has 7 heteroatoms. The number of benzene rings is 2. The molecule has 160 valence electrons. The molecule has 31 heavy (non-hydrogen) atoms. The number of aromatic nitrogens is 1. The lowest BCUT2D eigenvalue weighted by Gasteiger charge is -2.15. The highest BCUT2D eigenvalue weighted by Gasteiger charge is 2.21. The van der Waals surface area contributed by atoms with Crippen LogP contribution in [0.5, 0.6) is 0 Å². The first-order valence-corrected chi connectivity index (χ1v) is 10.3. The standard InChI is InChI=1S/C24H25N3O4/c1-3-10-19-17(4-2)22(18-13-8-9-14-20(18)25-19)24(30)31-15-21(28)26-27-23(29)16-11-6-5-7-12-16/h5-9,11-14H,3-4,10,15H2,1-2H3,(H,26,28)(H,27,29). The van der Waals surface area contributed by atoms with Gasteiger partial charge in [-0.15, -0.1) is 0 Å². The number of aryl methyl sites for hydroxylation is 1. The van der Waals surface area contributed by atoms with Crippen LogP contribution < -0.4 is 10.9 Å². The van der Waals surface area contributed by atoms with E-state index in [4.69, 9.17) is 9.72 Å². The smallest absolute Gasteiger partial charge is 0.339 e. The van der Waals surface area contributed by atoms with E-state index in [0.717, 1.165) is 29.6 Å². The number of amides is 2. The van der Waals surface area contributed by atoms with Crippen LogP contribution in [0, 0.1) is 0 Å². The van der Waals surface area contributed by atoms with E-state index < -0.39 is 24.4 Å². The summed E-state index contributed by atoms with van der Waals surface area (Å²) in [6, 6.07) is 15.9. The molecular weight excluding hydrogens is 394 g/mol. The maximum Gasteiger partial charge on any atom is 0.339 e. The number of fused-ring (bicyclic) bond motifs is 1. The van der Waals surface area contributed by atoms with Gasteiger partial charge in [-0.3, -0.25) is 25.4 Å². The van der Waals surface area contributed by atoms with Gasteiger partial charge in [0, 0.05) is 16.6 Å². The average Bonchev–Trinajstić information content (AvgIpc) is 2.80. The molecule has 0 aliphatic carbocycles. The number of hydrazine groups is 1. The molecule has 0 saturated carbocycles. The molecule has 3 rings (SSSR count). The van der Waals surface area contributed by atoms with Crippen molar-refractivity contribution in [3.63, 3.8) is 0 Å². The van der Waals surface area contributed by atoms with Crippen LogP contribution in [0.15, 0.2) is 54.6 Å². The summed E-state index contributed by atoms with van der Waals surface area (Å²) in [7, 11) is 0. The molecule has 0 atom stereocenters. The first-order valence-electron chi connectivity index (χ1n) is 10.3. The van der Waals surface area contributed by atoms with Gasteiger partial charge in [0.15, 0.2) is 6.61 Å². The van der Waals surface area contributed by atoms with Gasteiger partial charge in [-0.2, -0.15) is 0 Å². The molecule has 1 heterocycles. The molecule has 2 aromatic carbocycles. The van der Waals surface area contributed by atoms with Gasteiger partial charge in [-0.05, 0) is 36.6 Å². The summed E-state index contributed by atoms with van der Waals surface area (Å²) in [5.41, 5.74) is 7.83. The quantitative estimate of drug-likeness (QED) is 0.452. The zero-order valence-corrected chi connectivity index (χ0v) is 17.6. The summed E-state index contributed by atoms with van der Waals surface area (Å²) in [6.45, 7) is 3.51. The highest BCUT2D eigenvalue weighted by molar-refractivity contribution is 6.05. The van der Waals surface area contributed by atoms with Gasteiger partial charge in [0.2, 0.25) is 0 Å². The number of carbonyl (C=O) groups excluding carboxylic acids is 3. The second-order valence-corrected chi connectivity index (χ2v) is 6.98. The number of ether oxygens (including phenoxy) is 1. The van der Waals surface area contributed by atoms with Crippen molar-refractivity contribution in [1.82, 2.24) is 15.8 Å². The highest BCUT2D eigenvalue weighted by Crippen LogP contribution is 2.26. The van der Waals surface area contributed by atoms with Crippen LogP contribution in [-0.4, -0.2) is 29.4 Å². The monoisotopic (exact) mass is 419 g/mol. The van der Waals surface area contributed by atoms with Crippen LogP contribution in [0.4, 0.5) is 0 Å². The van der Waals surface area contributed by atoms with E-state index in [0.29, 0.717) is 22.9 Å². The Labute approximate surface area is 180 Å². The van der Waals surface area contributed by atoms with Crippen molar-refractivity contribution in [3.05, 3.63) is 77.0 Å². The summed E-state index contributed by atoms with van der Waals surface area (Å²) in [5, 5.41) is 0.696. The number of para-hydroxylation sites is 1. The highest BCUT2D eigenvalue weighted by atomic mass is 16.5. The minimum absolute atomic E-state index is 0.402. The summed E-state index contributed by atoms with van der Waals surface area (Å²) in [5.74, 6) is -1.68. The predicted molar refractivity (Wildman–Crippen MR) is 117 cm³/mol. The van der Waals surface area contributed by atoms with Gasteiger partial charge in [-0.1, -0.05) is 56.7 Å². The Morgan fingerprint density at radius 1 is 0.935 bits per heavy atom. The lowest BCUT2D eigenvalue weighted by molar-refractivity contribution is -0.125. The van der Waals surface area contributed by atoms with Gasteiger partial charge in [0.05, 0.1) is 11.1 Å². The van der Waals surface area contributed by atoms with E-state index in [9.17, 15) is 14.4 Å². The van der Waals surface area contributed by atoms with Crippen LogP contribution in [0.3, 0.4) is 0 Å². The van der Waals surface area contributed by atoms with Gasteiger partial charge in [0.1, 0.15) is 0 Å². The summed E-state index contributed by atoms with van der Waals surface area (Å²) >= 11 is 0. The Hall–Kier alpha value is -3.74. The lowest BCUT2D eigenvalue weighted by atomic mass is 9.96. The van der Waals surface area contributed by atoms with Crippen LogP contribution in [0.2, 0.25) is 0 Å². The van der Waals surface area contributed by atoms with Crippen molar-refractivity contribution < 1.29 is 19.1 Å². The van der Waals surface area contributed by atoms with E-state index in [-0.39, 0.29) is 0 Å².